The van der Waals surface area contributed by atoms with Crippen LogP contribution in [-0.2, 0) is 25.7 Å². The van der Waals surface area contributed by atoms with Crippen molar-refractivity contribution < 1.29 is 23.9 Å². The number of amides is 3. The first-order valence-electron chi connectivity index (χ1n) is 10.7. The molecule has 8 nitrogen and oxygen atoms in total. The number of carbonyl (C=O) groups excluding carboxylic acids is 3. The third kappa shape index (κ3) is 4.14. The third-order valence-electron chi connectivity index (χ3n) is 6.25. The zero-order chi connectivity index (χ0) is 21.1. The van der Waals surface area contributed by atoms with E-state index < -0.39 is 6.04 Å². The number of piperazine rings is 1. The molecule has 1 aromatic carbocycles. The van der Waals surface area contributed by atoms with Gasteiger partial charge in [-0.3, -0.25) is 14.4 Å². The fraction of sp³-hybridized carbons (Fsp3) is 0.591. The van der Waals surface area contributed by atoms with Crippen molar-refractivity contribution in [2.45, 2.75) is 44.4 Å². The number of ether oxygens (including phenoxy) is 2. The van der Waals surface area contributed by atoms with Gasteiger partial charge in [-0.2, -0.15) is 0 Å². The Bertz CT molecular complexity index is 800. The molecule has 2 atom stereocenters. The van der Waals surface area contributed by atoms with Crippen LogP contribution in [0.15, 0.2) is 24.3 Å². The van der Waals surface area contributed by atoms with E-state index >= 15 is 0 Å². The minimum Gasteiger partial charge on any atom is -0.496 e. The predicted octanol–water partition coefficient (Wildman–Crippen LogP) is 1.04. The molecular formula is C22H29N3O5. The minimum atomic E-state index is -0.456. The van der Waals surface area contributed by atoms with Crippen LogP contribution in [0.2, 0.25) is 0 Å². The maximum Gasteiger partial charge on any atom is 0.251 e. The SMILES string of the molecule is COc1ccccc1CN1C(=O)CCC1C(=O)N1CCN(C(=O)C2CCCO2)CC1. The Morgan fingerprint density at radius 3 is 2.43 bits per heavy atom. The van der Waals surface area contributed by atoms with Crippen LogP contribution >= 0.6 is 0 Å². The molecule has 0 spiro atoms. The van der Waals surface area contributed by atoms with Crippen LogP contribution in [0.1, 0.15) is 31.2 Å². The van der Waals surface area contributed by atoms with Crippen molar-refractivity contribution >= 4 is 17.7 Å². The second kappa shape index (κ2) is 9.04. The van der Waals surface area contributed by atoms with E-state index in [1.807, 2.05) is 24.3 Å². The van der Waals surface area contributed by atoms with E-state index in [0.29, 0.717) is 57.9 Å². The largest absolute Gasteiger partial charge is 0.496 e. The maximum atomic E-state index is 13.2. The van der Waals surface area contributed by atoms with E-state index in [0.717, 1.165) is 18.4 Å². The van der Waals surface area contributed by atoms with E-state index in [1.165, 1.54) is 0 Å². The van der Waals surface area contributed by atoms with Crippen LogP contribution < -0.4 is 4.74 Å². The number of likely N-dealkylation sites (tertiary alicyclic amines) is 1. The second-order valence-electron chi connectivity index (χ2n) is 8.04. The van der Waals surface area contributed by atoms with Gasteiger partial charge >= 0.3 is 0 Å². The fourth-order valence-corrected chi connectivity index (χ4v) is 4.54. The van der Waals surface area contributed by atoms with Crippen LogP contribution in [0.25, 0.3) is 0 Å². The summed E-state index contributed by atoms with van der Waals surface area (Å²) in [5.41, 5.74) is 0.889. The van der Waals surface area contributed by atoms with Crippen molar-refractivity contribution in [1.29, 1.82) is 0 Å². The molecule has 30 heavy (non-hydrogen) atoms. The highest BCUT2D eigenvalue weighted by Gasteiger charge is 2.40. The monoisotopic (exact) mass is 415 g/mol. The van der Waals surface area contributed by atoms with Gasteiger partial charge in [0.05, 0.1) is 13.7 Å². The summed E-state index contributed by atoms with van der Waals surface area (Å²) in [6, 6.07) is 7.11. The van der Waals surface area contributed by atoms with Crippen LogP contribution in [0, 0.1) is 0 Å². The number of para-hydroxylation sites is 1. The Balaban J connectivity index is 1.37. The number of nitrogens with zero attached hydrogens (tertiary/aromatic N) is 3. The predicted molar refractivity (Wildman–Crippen MR) is 109 cm³/mol. The van der Waals surface area contributed by atoms with Gasteiger partial charge in [-0.1, -0.05) is 18.2 Å². The zero-order valence-corrected chi connectivity index (χ0v) is 17.4. The van der Waals surface area contributed by atoms with Crippen LogP contribution in [0.4, 0.5) is 0 Å². The Morgan fingerprint density at radius 1 is 1.07 bits per heavy atom. The first-order valence-corrected chi connectivity index (χ1v) is 10.7. The first-order chi connectivity index (χ1) is 14.6. The van der Waals surface area contributed by atoms with Crippen molar-refractivity contribution in [2.24, 2.45) is 0 Å². The lowest BCUT2D eigenvalue weighted by atomic mass is 10.1. The molecule has 0 bridgehead atoms. The van der Waals surface area contributed by atoms with Crippen molar-refractivity contribution in [3.8, 4) is 5.75 Å². The molecule has 4 rings (SSSR count). The molecule has 0 N–H and O–H groups in total. The quantitative estimate of drug-likeness (QED) is 0.718. The minimum absolute atomic E-state index is 0.00791. The number of rotatable bonds is 5. The molecule has 3 fully saturated rings. The molecule has 8 heteroatoms. The molecule has 1 aromatic rings. The molecule has 0 aromatic heterocycles. The zero-order valence-electron chi connectivity index (χ0n) is 17.4. The first kappa shape index (κ1) is 20.7. The number of benzene rings is 1. The molecular weight excluding hydrogens is 386 g/mol. The molecule has 3 saturated heterocycles. The third-order valence-corrected chi connectivity index (χ3v) is 6.25. The van der Waals surface area contributed by atoms with Gasteiger partial charge in [0.2, 0.25) is 11.8 Å². The van der Waals surface area contributed by atoms with Gasteiger partial charge in [0.1, 0.15) is 17.9 Å². The van der Waals surface area contributed by atoms with E-state index in [2.05, 4.69) is 0 Å². The Labute approximate surface area is 176 Å². The molecule has 0 radical (unpaired) electrons. The summed E-state index contributed by atoms with van der Waals surface area (Å²) in [5, 5.41) is 0. The Morgan fingerprint density at radius 2 is 1.77 bits per heavy atom. The molecule has 3 heterocycles. The van der Waals surface area contributed by atoms with Crippen molar-refractivity contribution in [3.63, 3.8) is 0 Å². The molecule has 3 aliphatic rings. The van der Waals surface area contributed by atoms with Gasteiger partial charge in [-0.05, 0) is 25.3 Å². The summed E-state index contributed by atoms with van der Waals surface area (Å²) in [6.45, 7) is 3.01. The Kier molecular flexibility index (Phi) is 6.22. The highest BCUT2D eigenvalue weighted by atomic mass is 16.5. The van der Waals surface area contributed by atoms with Crippen LogP contribution in [0.5, 0.6) is 5.75 Å². The second-order valence-corrected chi connectivity index (χ2v) is 8.04. The average molecular weight is 415 g/mol. The summed E-state index contributed by atoms with van der Waals surface area (Å²) >= 11 is 0. The number of methoxy groups -OCH3 is 1. The topological polar surface area (TPSA) is 79.4 Å². The highest BCUT2D eigenvalue weighted by Crippen LogP contribution is 2.27. The maximum absolute atomic E-state index is 13.2. The molecule has 0 saturated carbocycles. The van der Waals surface area contributed by atoms with E-state index in [1.54, 1.807) is 21.8 Å². The van der Waals surface area contributed by atoms with Crippen LogP contribution in [-0.4, -0.2) is 84.5 Å². The normalized spacial score (nSPS) is 24.4. The summed E-state index contributed by atoms with van der Waals surface area (Å²) in [7, 11) is 1.60. The molecule has 3 aliphatic heterocycles. The van der Waals surface area contributed by atoms with Crippen molar-refractivity contribution in [3.05, 3.63) is 29.8 Å². The van der Waals surface area contributed by atoms with Gasteiger partial charge in [-0.15, -0.1) is 0 Å². The molecule has 162 valence electrons. The number of carbonyl (C=O) groups is 3. The average Bonchev–Trinajstić information content (AvgIpc) is 3.44. The van der Waals surface area contributed by atoms with Gasteiger partial charge in [0, 0.05) is 44.8 Å². The molecule has 3 amide bonds. The fourth-order valence-electron chi connectivity index (χ4n) is 4.54. The Hall–Kier alpha value is -2.61. The number of hydrogen-bond donors (Lipinski definition) is 0. The summed E-state index contributed by atoms with van der Waals surface area (Å²) in [4.78, 5) is 43.5. The lowest BCUT2D eigenvalue weighted by Gasteiger charge is -2.38. The van der Waals surface area contributed by atoms with Crippen molar-refractivity contribution in [1.82, 2.24) is 14.7 Å². The highest BCUT2D eigenvalue weighted by molar-refractivity contribution is 5.91. The van der Waals surface area contributed by atoms with Gasteiger partial charge in [-0.25, -0.2) is 0 Å². The van der Waals surface area contributed by atoms with E-state index in [9.17, 15) is 14.4 Å². The molecule has 0 aliphatic carbocycles. The summed E-state index contributed by atoms with van der Waals surface area (Å²) in [6.07, 6.45) is 2.29. The lowest BCUT2D eigenvalue weighted by Crippen LogP contribution is -2.56. The summed E-state index contributed by atoms with van der Waals surface area (Å²) < 4.78 is 10.9. The van der Waals surface area contributed by atoms with Gasteiger partial charge < -0.3 is 24.2 Å². The van der Waals surface area contributed by atoms with Gasteiger partial charge in [0.25, 0.3) is 5.91 Å². The number of hydrogen-bond acceptors (Lipinski definition) is 5. The van der Waals surface area contributed by atoms with Crippen molar-refractivity contribution in [2.75, 3.05) is 39.9 Å². The summed E-state index contributed by atoms with van der Waals surface area (Å²) in [5.74, 6) is 0.713. The van der Waals surface area contributed by atoms with Crippen LogP contribution in [0.3, 0.4) is 0 Å². The van der Waals surface area contributed by atoms with E-state index in [4.69, 9.17) is 9.47 Å². The van der Waals surface area contributed by atoms with E-state index in [-0.39, 0.29) is 23.8 Å². The lowest BCUT2D eigenvalue weighted by molar-refractivity contribution is -0.148. The van der Waals surface area contributed by atoms with Gasteiger partial charge in [0.15, 0.2) is 0 Å². The molecule has 2 unspecified atom stereocenters. The standard InChI is InChI=1S/C22H29N3O5/c1-29-18-6-3-2-5-16(18)15-25-17(8-9-20(25)26)21(27)23-10-12-24(13-11-23)22(28)19-7-4-14-30-19/h2-3,5-6,17,19H,4,7-15H2,1H3. The smallest absolute Gasteiger partial charge is 0.251 e.